The first-order valence-corrected chi connectivity index (χ1v) is 7.54. The van der Waals surface area contributed by atoms with Crippen LogP contribution in [0.4, 0.5) is 4.79 Å². The summed E-state index contributed by atoms with van der Waals surface area (Å²) in [6.07, 6.45) is 2.49. The fraction of sp³-hybridized carbons (Fsp3) is 0.867. The summed E-state index contributed by atoms with van der Waals surface area (Å²) in [5.41, 5.74) is -2.01. The standard InChI is InChI=1S/C15H25NO5/c1-13(2,3)21-12(20)16-15(6-4-5-7-15)14(8-9-14)10(17)11(18)19/h10,17H,4-9H2,1-3H3,(H,16,20)(H,18,19). The molecule has 2 rings (SSSR count). The highest BCUT2D eigenvalue weighted by molar-refractivity contribution is 5.75. The van der Waals surface area contributed by atoms with Crippen LogP contribution >= 0.6 is 0 Å². The van der Waals surface area contributed by atoms with Crippen molar-refractivity contribution in [2.75, 3.05) is 0 Å². The predicted molar refractivity (Wildman–Crippen MR) is 75.9 cm³/mol. The number of carboxylic acid groups (broad SMARTS) is 1. The zero-order valence-electron chi connectivity index (χ0n) is 12.9. The number of aliphatic carboxylic acids is 1. The normalized spacial score (nSPS) is 24.2. The Morgan fingerprint density at radius 1 is 1.14 bits per heavy atom. The van der Waals surface area contributed by atoms with Crippen LogP contribution < -0.4 is 5.32 Å². The third kappa shape index (κ3) is 3.00. The number of alkyl carbamates (subject to hydrolysis) is 1. The second-order valence-corrected chi connectivity index (χ2v) is 7.31. The van der Waals surface area contributed by atoms with Gasteiger partial charge in [0.25, 0.3) is 0 Å². The first-order valence-electron chi connectivity index (χ1n) is 7.54. The maximum absolute atomic E-state index is 12.1. The topological polar surface area (TPSA) is 95.9 Å². The molecule has 0 saturated heterocycles. The van der Waals surface area contributed by atoms with E-state index in [1.54, 1.807) is 20.8 Å². The van der Waals surface area contributed by atoms with E-state index in [9.17, 15) is 14.7 Å². The highest BCUT2D eigenvalue weighted by Crippen LogP contribution is 2.61. The van der Waals surface area contributed by atoms with Crippen LogP contribution in [0.5, 0.6) is 0 Å². The van der Waals surface area contributed by atoms with Gasteiger partial charge < -0.3 is 20.3 Å². The van der Waals surface area contributed by atoms with Crippen molar-refractivity contribution < 1.29 is 24.5 Å². The number of ether oxygens (including phenoxy) is 1. The maximum atomic E-state index is 12.1. The van der Waals surface area contributed by atoms with Crippen molar-refractivity contribution >= 4 is 12.1 Å². The number of rotatable bonds is 4. The van der Waals surface area contributed by atoms with Crippen LogP contribution in [0.1, 0.15) is 59.3 Å². The third-order valence-electron chi connectivity index (χ3n) is 4.70. The lowest BCUT2D eigenvalue weighted by Crippen LogP contribution is -2.59. The van der Waals surface area contributed by atoms with Crippen LogP contribution in [0, 0.1) is 5.41 Å². The van der Waals surface area contributed by atoms with Gasteiger partial charge in [-0.2, -0.15) is 0 Å². The van der Waals surface area contributed by atoms with E-state index < -0.39 is 34.7 Å². The Morgan fingerprint density at radius 2 is 1.67 bits per heavy atom. The molecule has 6 heteroatoms. The molecular weight excluding hydrogens is 274 g/mol. The monoisotopic (exact) mass is 299 g/mol. The Labute approximate surface area is 124 Å². The Bertz CT molecular complexity index is 430. The summed E-state index contributed by atoms with van der Waals surface area (Å²) in [5.74, 6) is -1.22. The Kier molecular flexibility index (Phi) is 3.95. The molecule has 0 heterocycles. The summed E-state index contributed by atoms with van der Waals surface area (Å²) in [5, 5.41) is 22.2. The van der Waals surface area contributed by atoms with Crippen LogP contribution in [-0.4, -0.2) is 39.5 Å². The lowest BCUT2D eigenvalue weighted by molar-refractivity contribution is -0.153. The number of aliphatic hydroxyl groups excluding tert-OH is 1. The lowest BCUT2D eigenvalue weighted by Gasteiger charge is -2.40. The number of hydrogen-bond donors (Lipinski definition) is 3. The average Bonchev–Trinajstić information content (AvgIpc) is 3.02. The number of aliphatic hydroxyl groups is 1. The van der Waals surface area contributed by atoms with Gasteiger partial charge in [-0.05, 0) is 46.5 Å². The summed E-state index contributed by atoms with van der Waals surface area (Å²) < 4.78 is 5.31. The van der Waals surface area contributed by atoms with Gasteiger partial charge in [-0.1, -0.05) is 12.8 Å². The first-order chi connectivity index (χ1) is 9.62. The fourth-order valence-corrected chi connectivity index (χ4v) is 3.61. The van der Waals surface area contributed by atoms with Gasteiger partial charge in [-0.15, -0.1) is 0 Å². The number of hydrogen-bond acceptors (Lipinski definition) is 4. The van der Waals surface area contributed by atoms with E-state index in [0.29, 0.717) is 25.7 Å². The first kappa shape index (κ1) is 16.1. The predicted octanol–water partition coefficient (Wildman–Crippen LogP) is 2.05. The minimum absolute atomic E-state index is 0.534. The van der Waals surface area contributed by atoms with E-state index in [-0.39, 0.29) is 0 Å². The second kappa shape index (κ2) is 5.16. The van der Waals surface area contributed by atoms with Crippen LogP contribution in [0.3, 0.4) is 0 Å². The molecule has 2 saturated carbocycles. The van der Waals surface area contributed by atoms with Crippen molar-refractivity contribution in [3.05, 3.63) is 0 Å². The van der Waals surface area contributed by atoms with E-state index in [2.05, 4.69) is 5.32 Å². The molecule has 6 nitrogen and oxygen atoms in total. The van der Waals surface area contributed by atoms with Crippen molar-refractivity contribution in [2.45, 2.75) is 76.5 Å². The van der Waals surface area contributed by atoms with Gasteiger partial charge in [0.05, 0.1) is 5.54 Å². The molecular formula is C15H25NO5. The van der Waals surface area contributed by atoms with Crippen molar-refractivity contribution in [2.24, 2.45) is 5.41 Å². The van der Waals surface area contributed by atoms with E-state index >= 15 is 0 Å². The molecule has 2 fully saturated rings. The molecule has 2 aliphatic carbocycles. The van der Waals surface area contributed by atoms with Crippen LogP contribution in [0.25, 0.3) is 0 Å². The molecule has 0 spiro atoms. The van der Waals surface area contributed by atoms with Crippen LogP contribution in [0.2, 0.25) is 0 Å². The fourth-order valence-electron chi connectivity index (χ4n) is 3.61. The minimum Gasteiger partial charge on any atom is -0.479 e. The molecule has 21 heavy (non-hydrogen) atoms. The number of carbonyl (C=O) groups excluding carboxylic acids is 1. The number of carboxylic acids is 1. The van der Waals surface area contributed by atoms with Gasteiger partial charge in [0.15, 0.2) is 6.10 Å². The van der Waals surface area contributed by atoms with Gasteiger partial charge >= 0.3 is 12.1 Å². The average molecular weight is 299 g/mol. The Balaban J connectivity index is 2.18. The number of nitrogens with one attached hydrogen (secondary N) is 1. The summed E-state index contributed by atoms with van der Waals surface area (Å²) in [4.78, 5) is 23.3. The lowest BCUT2D eigenvalue weighted by atomic mass is 9.75. The summed E-state index contributed by atoms with van der Waals surface area (Å²) in [7, 11) is 0. The van der Waals surface area contributed by atoms with E-state index in [1.807, 2.05) is 0 Å². The molecule has 0 aromatic rings. The molecule has 0 aromatic carbocycles. The van der Waals surface area contributed by atoms with Gasteiger partial charge in [0.2, 0.25) is 0 Å². The van der Waals surface area contributed by atoms with Crippen LogP contribution in [0.15, 0.2) is 0 Å². The molecule has 0 aromatic heterocycles. The highest BCUT2D eigenvalue weighted by Gasteiger charge is 2.66. The molecule has 1 amide bonds. The van der Waals surface area contributed by atoms with Gasteiger partial charge in [-0.3, -0.25) is 0 Å². The molecule has 1 atom stereocenters. The van der Waals surface area contributed by atoms with Crippen molar-refractivity contribution in [1.82, 2.24) is 5.32 Å². The molecule has 0 bridgehead atoms. The SMILES string of the molecule is CC(C)(C)OC(=O)NC1(C2(C(O)C(=O)O)CC2)CCCC1. The zero-order valence-corrected chi connectivity index (χ0v) is 12.9. The maximum Gasteiger partial charge on any atom is 0.408 e. The largest absolute Gasteiger partial charge is 0.479 e. The molecule has 2 aliphatic rings. The minimum atomic E-state index is -1.44. The van der Waals surface area contributed by atoms with Crippen LogP contribution in [-0.2, 0) is 9.53 Å². The quantitative estimate of drug-likeness (QED) is 0.738. The number of amides is 1. The van der Waals surface area contributed by atoms with Gasteiger partial charge in [0, 0.05) is 5.41 Å². The van der Waals surface area contributed by atoms with Crippen molar-refractivity contribution in [1.29, 1.82) is 0 Å². The Morgan fingerprint density at radius 3 is 2.05 bits per heavy atom. The van der Waals surface area contributed by atoms with Crippen molar-refractivity contribution in [3.63, 3.8) is 0 Å². The van der Waals surface area contributed by atoms with Gasteiger partial charge in [-0.25, -0.2) is 9.59 Å². The second-order valence-electron chi connectivity index (χ2n) is 7.31. The summed E-state index contributed by atoms with van der Waals surface area (Å²) >= 11 is 0. The summed E-state index contributed by atoms with van der Waals surface area (Å²) in [6.45, 7) is 5.35. The van der Waals surface area contributed by atoms with E-state index in [4.69, 9.17) is 9.84 Å². The molecule has 1 unspecified atom stereocenters. The smallest absolute Gasteiger partial charge is 0.408 e. The van der Waals surface area contributed by atoms with E-state index in [0.717, 1.165) is 12.8 Å². The molecule has 0 radical (unpaired) electrons. The molecule has 120 valence electrons. The number of carbonyl (C=O) groups is 2. The Hall–Kier alpha value is -1.30. The highest BCUT2D eigenvalue weighted by atomic mass is 16.6. The molecule has 0 aliphatic heterocycles. The molecule has 3 N–H and O–H groups in total. The summed E-state index contributed by atoms with van der Waals surface area (Å²) in [6, 6.07) is 0. The van der Waals surface area contributed by atoms with E-state index in [1.165, 1.54) is 0 Å². The zero-order chi connectivity index (χ0) is 15.9. The van der Waals surface area contributed by atoms with Crippen molar-refractivity contribution in [3.8, 4) is 0 Å². The third-order valence-corrected chi connectivity index (χ3v) is 4.70. The van der Waals surface area contributed by atoms with Gasteiger partial charge in [0.1, 0.15) is 5.60 Å².